The Hall–Kier alpha value is -8.96. The second-order valence-corrected chi connectivity index (χ2v) is 20.2. The Kier molecular flexibility index (Phi) is 7.97. The van der Waals surface area contributed by atoms with E-state index in [-0.39, 0.29) is 0 Å². The Morgan fingerprint density at radius 1 is 0.366 bits per heavy atom. The highest BCUT2D eigenvalue weighted by Gasteiger charge is 2.52. The van der Waals surface area contributed by atoms with E-state index in [2.05, 4.69) is 252 Å². The van der Waals surface area contributed by atoms with Gasteiger partial charge in [-0.05, 0) is 129 Å². The van der Waals surface area contributed by atoms with Crippen LogP contribution in [0.4, 0.5) is 17.1 Å². The van der Waals surface area contributed by atoms with Gasteiger partial charge in [-0.3, -0.25) is 0 Å². The van der Waals surface area contributed by atoms with Crippen molar-refractivity contribution in [2.24, 2.45) is 0 Å². The van der Waals surface area contributed by atoms with Gasteiger partial charge in [0.25, 0.3) is 0 Å². The van der Waals surface area contributed by atoms with Crippen molar-refractivity contribution in [3.63, 3.8) is 0 Å². The number of fused-ring (bicyclic) bond motifs is 21. The summed E-state index contributed by atoms with van der Waals surface area (Å²) in [5, 5.41) is 7.14. The fourth-order valence-electron chi connectivity index (χ4n) is 12.7. The number of aromatic nitrogens is 1. The molecule has 0 radical (unpaired) electrons. The highest BCUT2D eigenvalue weighted by Crippen LogP contribution is 2.65. The fraction of sp³-hybridized carbons (Fsp3) is 0.0149. The Labute approximate surface area is 413 Å². The maximum absolute atomic E-state index is 7.46. The number of rotatable bonds is 5. The van der Waals surface area contributed by atoms with Crippen molar-refractivity contribution < 1.29 is 4.42 Å². The van der Waals surface area contributed by atoms with Gasteiger partial charge in [0.2, 0.25) is 0 Å². The van der Waals surface area contributed by atoms with Crippen LogP contribution in [-0.4, -0.2) is 4.57 Å². The van der Waals surface area contributed by atoms with Gasteiger partial charge in [0.05, 0.1) is 21.8 Å². The number of nitrogens with zero attached hydrogens (tertiary/aromatic N) is 2. The van der Waals surface area contributed by atoms with Crippen molar-refractivity contribution in [3.05, 3.63) is 265 Å². The molecule has 3 heterocycles. The fourth-order valence-corrected chi connectivity index (χ4v) is 13.8. The summed E-state index contributed by atoms with van der Waals surface area (Å²) in [5.74, 6) is 0. The third kappa shape index (κ3) is 5.26. The molecular weight excluding hydrogens is 881 g/mol. The first-order valence-electron chi connectivity index (χ1n) is 24.4. The van der Waals surface area contributed by atoms with Crippen LogP contribution >= 0.6 is 11.3 Å². The lowest BCUT2D eigenvalue weighted by Gasteiger charge is -2.32. The topological polar surface area (TPSA) is 21.3 Å². The van der Waals surface area contributed by atoms with E-state index in [1.165, 1.54) is 81.2 Å². The van der Waals surface area contributed by atoms with Crippen molar-refractivity contribution in [1.29, 1.82) is 0 Å². The zero-order chi connectivity index (χ0) is 46.4. The molecule has 330 valence electrons. The summed E-state index contributed by atoms with van der Waals surface area (Å²) in [4.78, 5) is 2.46. The van der Waals surface area contributed by atoms with Crippen LogP contribution in [0.15, 0.2) is 247 Å². The molecule has 4 heteroatoms. The predicted molar refractivity (Wildman–Crippen MR) is 297 cm³/mol. The van der Waals surface area contributed by atoms with Crippen molar-refractivity contribution in [2.45, 2.75) is 5.41 Å². The zero-order valence-electron chi connectivity index (χ0n) is 38.3. The predicted octanol–water partition coefficient (Wildman–Crippen LogP) is 18.5. The van der Waals surface area contributed by atoms with Gasteiger partial charge in [-0.2, -0.15) is 0 Å². The molecule has 0 saturated heterocycles. The molecule has 71 heavy (non-hydrogen) atoms. The number of thiophene rings is 1. The van der Waals surface area contributed by atoms with Crippen LogP contribution in [0.3, 0.4) is 0 Å². The average molecular weight is 921 g/mol. The van der Waals surface area contributed by atoms with E-state index < -0.39 is 5.41 Å². The molecule has 0 N–H and O–H groups in total. The highest BCUT2D eigenvalue weighted by atomic mass is 32.1. The molecule has 3 aromatic heterocycles. The first kappa shape index (κ1) is 38.9. The third-order valence-corrected chi connectivity index (χ3v) is 16.8. The van der Waals surface area contributed by atoms with Crippen LogP contribution in [0.25, 0.3) is 103 Å². The van der Waals surface area contributed by atoms with Crippen molar-refractivity contribution in [3.8, 4) is 39.1 Å². The van der Waals surface area contributed by atoms with E-state index in [1.807, 2.05) is 11.3 Å². The Morgan fingerprint density at radius 3 is 1.82 bits per heavy atom. The number of para-hydroxylation sites is 2. The van der Waals surface area contributed by atoms with E-state index in [4.69, 9.17) is 4.42 Å². The van der Waals surface area contributed by atoms with Crippen LogP contribution in [0.1, 0.15) is 22.3 Å². The number of furan rings is 1. The molecule has 2 aliphatic rings. The molecule has 0 bridgehead atoms. The highest BCUT2D eigenvalue weighted by molar-refractivity contribution is 7.25. The van der Waals surface area contributed by atoms with Gasteiger partial charge in [0.15, 0.2) is 0 Å². The SMILES string of the molecule is c1ccc(-c2ccc(N(c3ccc4c(c3)C3(c5ccccc5-4)c4ccccc4-c4c3ccc3c4oc4c3ccc3c4c4ccccc4n3-c3ccccc3)c3ccc4sc5ccccc5c4c3)cc2)cc1. The average Bonchev–Trinajstić information content (AvgIpc) is 4.24. The van der Waals surface area contributed by atoms with Crippen LogP contribution in [-0.2, 0) is 5.41 Å². The van der Waals surface area contributed by atoms with Gasteiger partial charge in [0, 0.05) is 64.6 Å². The number of benzene rings is 11. The Balaban J connectivity index is 0.948. The van der Waals surface area contributed by atoms with Crippen LogP contribution < -0.4 is 4.90 Å². The van der Waals surface area contributed by atoms with Gasteiger partial charge in [-0.15, -0.1) is 11.3 Å². The standard InChI is InChI=1S/C67H40N2OS/c1-3-15-41(16-4-1)42-27-29-44(30-28-42)68(45-32-38-62-54(39-45)49-20-10-14-26-61(49)71-62)46-31-33-48-47-19-7-11-23-55(47)67(58(48)40-46)56-24-12-8-21-52(56)63-57(67)36-34-50-51-35-37-60-64(66(51)70-65(50)63)53-22-9-13-25-59(53)69(60)43-17-5-2-6-18-43/h1-40H. The molecule has 1 spiro atoms. The summed E-state index contributed by atoms with van der Waals surface area (Å²) < 4.78 is 12.4. The molecule has 0 amide bonds. The minimum atomic E-state index is -0.601. The van der Waals surface area contributed by atoms with Gasteiger partial charge in [-0.1, -0.05) is 164 Å². The number of anilines is 3. The zero-order valence-corrected chi connectivity index (χ0v) is 39.1. The number of hydrogen-bond acceptors (Lipinski definition) is 3. The van der Waals surface area contributed by atoms with Crippen molar-refractivity contribution in [2.75, 3.05) is 4.90 Å². The minimum absolute atomic E-state index is 0.601. The third-order valence-electron chi connectivity index (χ3n) is 15.6. The maximum Gasteiger partial charge on any atom is 0.145 e. The van der Waals surface area contributed by atoms with Gasteiger partial charge in [-0.25, -0.2) is 0 Å². The quantitative estimate of drug-likeness (QED) is 0.172. The summed E-state index contributed by atoms with van der Waals surface area (Å²) in [7, 11) is 0. The van der Waals surface area contributed by atoms with Crippen LogP contribution in [0, 0.1) is 0 Å². The molecule has 0 saturated carbocycles. The summed E-state index contributed by atoms with van der Waals surface area (Å²) in [6, 6.07) is 89.6. The monoisotopic (exact) mass is 920 g/mol. The molecule has 11 aromatic carbocycles. The molecule has 0 aliphatic heterocycles. The molecule has 2 aliphatic carbocycles. The molecule has 0 fully saturated rings. The summed E-state index contributed by atoms with van der Waals surface area (Å²) in [6.07, 6.45) is 0. The second-order valence-electron chi connectivity index (χ2n) is 19.1. The lowest BCUT2D eigenvalue weighted by molar-refractivity contribution is 0.673. The summed E-state index contributed by atoms with van der Waals surface area (Å²) >= 11 is 1.86. The molecule has 1 unspecified atom stereocenters. The maximum atomic E-state index is 7.46. The normalized spacial score (nSPS) is 14.5. The number of hydrogen-bond donors (Lipinski definition) is 0. The van der Waals surface area contributed by atoms with Crippen LogP contribution in [0.5, 0.6) is 0 Å². The first-order valence-corrected chi connectivity index (χ1v) is 25.2. The Bertz CT molecular complexity index is 4520. The van der Waals surface area contributed by atoms with E-state index in [0.29, 0.717) is 0 Å². The van der Waals surface area contributed by atoms with Gasteiger partial charge in [0.1, 0.15) is 11.2 Å². The second kappa shape index (κ2) is 14.5. The molecule has 1 atom stereocenters. The van der Waals surface area contributed by atoms with Crippen molar-refractivity contribution in [1.82, 2.24) is 4.57 Å². The first-order chi connectivity index (χ1) is 35.2. The van der Waals surface area contributed by atoms with E-state index in [1.54, 1.807) is 0 Å². The van der Waals surface area contributed by atoms with Crippen LogP contribution in [0.2, 0.25) is 0 Å². The lowest BCUT2D eigenvalue weighted by Crippen LogP contribution is -2.26. The van der Waals surface area contributed by atoms with Gasteiger partial charge >= 0.3 is 0 Å². The molecular formula is C67H40N2OS. The van der Waals surface area contributed by atoms with E-state index in [0.717, 1.165) is 61.1 Å². The van der Waals surface area contributed by atoms with E-state index in [9.17, 15) is 0 Å². The largest absolute Gasteiger partial charge is 0.455 e. The molecule has 3 nitrogen and oxygen atoms in total. The minimum Gasteiger partial charge on any atom is -0.455 e. The lowest BCUT2D eigenvalue weighted by atomic mass is 9.70. The Morgan fingerprint density at radius 2 is 0.972 bits per heavy atom. The summed E-state index contributed by atoms with van der Waals surface area (Å²) in [6.45, 7) is 0. The van der Waals surface area contributed by atoms with Gasteiger partial charge < -0.3 is 13.9 Å². The molecule has 16 rings (SSSR count). The summed E-state index contributed by atoms with van der Waals surface area (Å²) in [5.41, 5.74) is 20.4. The molecule has 14 aromatic rings. The van der Waals surface area contributed by atoms with Crippen molar-refractivity contribution >= 4 is 92.3 Å². The smallest absolute Gasteiger partial charge is 0.145 e. The van der Waals surface area contributed by atoms with E-state index >= 15 is 0 Å².